The number of nitrogens with zero attached hydrogens (tertiary/aromatic N) is 3. The molecule has 1 N–H and O–H groups in total. The maximum absolute atomic E-state index is 12.9. The molecule has 1 fully saturated rings. The minimum Gasteiger partial charge on any atom is -0.496 e. The van der Waals surface area contributed by atoms with Gasteiger partial charge in [0.1, 0.15) is 23.3 Å². The van der Waals surface area contributed by atoms with E-state index in [-0.39, 0.29) is 0 Å². The van der Waals surface area contributed by atoms with Gasteiger partial charge in [-0.2, -0.15) is 13.2 Å². The summed E-state index contributed by atoms with van der Waals surface area (Å²) < 4.78 is 55.0. The Morgan fingerprint density at radius 3 is 2.07 bits per heavy atom. The van der Waals surface area contributed by atoms with E-state index in [9.17, 15) is 13.2 Å². The Kier molecular flexibility index (Phi) is 8.45. The van der Waals surface area contributed by atoms with Gasteiger partial charge < -0.3 is 24.4 Å². The number of piperazine rings is 1. The van der Waals surface area contributed by atoms with Crippen molar-refractivity contribution in [2.24, 2.45) is 4.99 Å². The Bertz CT molecular complexity index is 695. The molecule has 0 bridgehead atoms. The maximum atomic E-state index is 12.9. The van der Waals surface area contributed by atoms with Crippen molar-refractivity contribution in [3.05, 3.63) is 17.7 Å². The number of rotatable bonds is 7. The van der Waals surface area contributed by atoms with E-state index in [1.54, 1.807) is 40.5 Å². The van der Waals surface area contributed by atoms with Gasteiger partial charge in [-0.3, -0.25) is 9.89 Å². The smallest absolute Gasteiger partial charge is 0.403 e. The van der Waals surface area contributed by atoms with E-state index in [0.29, 0.717) is 62.4 Å². The van der Waals surface area contributed by atoms with Gasteiger partial charge in [0.25, 0.3) is 0 Å². The van der Waals surface area contributed by atoms with E-state index in [4.69, 9.17) is 14.2 Å². The molecule has 170 valence electrons. The van der Waals surface area contributed by atoms with Crippen LogP contribution in [0.25, 0.3) is 0 Å². The highest BCUT2D eigenvalue weighted by Gasteiger charge is 2.41. The molecule has 1 saturated heterocycles. The molecule has 30 heavy (non-hydrogen) atoms. The van der Waals surface area contributed by atoms with Gasteiger partial charge in [0.2, 0.25) is 0 Å². The van der Waals surface area contributed by atoms with Gasteiger partial charge in [-0.1, -0.05) is 0 Å². The number of methoxy groups -OCH3 is 3. The van der Waals surface area contributed by atoms with Crippen molar-refractivity contribution >= 4 is 5.96 Å². The lowest BCUT2D eigenvalue weighted by atomic mass is 10.1. The molecule has 0 aromatic heterocycles. The van der Waals surface area contributed by atoms with Crippen LogP contribution in [0.4, 0.5) is 13.2 Å². The summed E-state index contributed by atoms with van der Waals surface area (Å²) in [4.78, 5) is 7.71. The van der Waals surface area contributed by atoms with Gasteiger partial charge in [-0.05, 0) is 13.3 Å². The molecule has 1 aromatic carbocycles. The molecule has 0 saturated carbocycles. The van der Waals surface area contributed by atoms with Crippen LogP contribution < -0.4 is 19.5 Å². The minimum atomic E-state index is -4.21. The van der Waals surface area contributed by atoms with Crippen LogP contribution in [0.1, 0.15) is 12.5 Å². The number of guanidine groups is 1. The van der Waals surface area contributed by atoms with Crippen LogP contribution in [0.3, 0.4) is 0 Å². The first-order valence-electron chi connectivity index (χ1n) is 9.80. The fourth-order valence-electron chi connectivity index (χ4n) is 3.48. The van der Waals surface area contributed by atoms with Crippen molar-refractivity contribution in [3.8, 4) is 17.2 Å². The second kappa shape index (κ2) is 10.6. The van der Waals surface area contributed by atoms with Crippen molar-refractivity contribution < 1.29 is 27.4 Å². The molecule has 0 spiro atoms. The summed E-state index contributed by atoms with van der Waals surface area (Å²) in [6.07, 6.45) is -3.60. The Hall–Kier alpha value is -2.36. The third-order valence-corrected chi connectivity index (χ3v) is 5.32. The summed E-state index contributed by atoms with van der Waals surface area (Å²) in [5.74, 6) is 2.64. The van der Waals surface area contributed by atoms with E-state index < -0.39 is 12.2 Å². The molecular formula is C20H31F3N4O3. The van der Waals surface area contributed by atoms with Crippen molar-refractivity contribution in [1.29, 1.82) is 0 Å². The molecule has 10 heteroatoms. The standard InChI is InChI=1S/C20H31F3N4O3/c1-14(20(21,22)23)26-8-10-27(11-9-26)19(24-2)25-7-6-16-17(29-4)12-15(28-3)13-18(16)30-5/h12-14H,6-11H2,1-5H3,(H,24,25). The zero-order chi connectivity index (χ0) is 22.3. The van der Waals surface area contributed by atoms with E-state index in [2.05, 4.69) is 10.3 Å². The molecule has 0 amide bonds. The number of hydrogen-bond acceptors (Lipinski definition) is 5. The fourth-order valence-corrected chi connectivity index (χ4v) is 3.48. The third-order valence-electron chi connectivity index (χ3n) is 5.32. The first-order valence-corrected chi connectivity index (χ1v) is 9.80. The number of ether oxygens (including phenoxy) is 3. The molecule has 0 radical (unpaired) electrons. The monoisotopic (exact) mass is 432 g/mol. The Labute approximate surface area is 175 Å². The number of aliphatic imine (C=N–C) groups is 1. The van der Waals surface area contributed by atoms with E-state index in [0.717, 1.165) is 5.56 Å². The summed E-state index contributed by atoms with van der Waals surface area (Å²) >= 11 is 0. The number of alkyl halides is 3. The second-order valence-corrected chi connectivity index (χ2v) is 6.98. The van der Waals surface area contributed by atoms with Crippen molar-refractivity contribution in [1.82, 2.24) is 15.1 Å². The van der Waals surface area contributed by atoms with Gasteiger partial charge in [-0.25, -0.2) is 0 Å². The summed E-state index contributed by atoms with van der Waals surface area (Å²) in [5.41, 5.74) is 0.896. The van der Waals surface area contributed by atoms with Gasteiger partial charge >= 0.3 is 6.18 Å². The SMILES string of the molecule is CN=C(NCCc1c(OC)cc(OC)cc1OC)N1CCN(C(C)C(F)(F)F)CC1. The summed E-state index contributed by atoms with van der Waals surface area (Å²) in [6, 6.07) is 2.16. The summed E-state index contributed by atoms with van der Waals surface area (Å²) in [7, 11) is 6.42. The van der Waals surface area contributed by atoms with Gasteiger partial charge in [0.15, 0.2) is 5.96 Å². The Morgan fingerprint density at radius 1 is 1.07 bits per heavy atom. The lowest BCUT2D eigenvalue weighted by Gasteiger charge is -2.39. The number of halogens is 3. The first kappa shape index (κ1) is 23.9. The van der Waals surface area contributed by atoms with Crippen LogP contribution in [0, 0.1) is 0 Å². The molecule has 1 aliphatic rings. The molecule has 1 aromatic rings. The van der Waals surface area contributed by atoms with Gasteiger partial charge in [-0.15, -0.1) is 0 Å². The predicted octanol–water partition coefficient (Wildman–Crippen LogP) is 2.40. The molecule has 1 unspecified atom stereocenters. The molecule has 0 aliphatic carbocycles. The van der Waals surface area contributed by atoms with Crippen LogP contribution in [0.15, 0.2) is 17.1 Å². The zero-order valence-electron chi connectivity index (χ0n) is 18.2. The highest BCUT2D eigenvalue weighted by molar-refractivity contribution is 5.80. The quantitative estimate of drug-likeness (QED) is 0.528. The van der Waals surface area contributed by atoms with Crippen molar-refractivity contribution in [2.75, 3.05) is 61.1 Å². The van der Waals surface area contributed by atoms with E-state index >= 15 is 0 Å². The van der Waals surface area contributed by atoms with Gasteiger partial charge in [0.05, 0.1) is 21.3 Å². The second-order valence-electron chi connectivity index (χ2n) is 6.98. The molecule has 1 heterocycles. The van der Waals surface area contributed by atoms with Crippen LogP contribution in [-0.2, 0) is 6.42 Å². The minimum absolute atomic E-state index is 0.335. The Morgan fingerprint density at radius 2 is 1.63 bits per heavy atom. The predicted molar refractivity (Wildman–Crippen MR) is 110 cm³/mol. The molecule has 7 nitrogen and oxygen atoms in total. The first-order chi connectivity index (χ1) is 14.2. The highest BCUT2D eigenvalue weighted by Crippen LogP contribution is 2.34. The Balaban J connectivity index is 1.95. The summed E-state index contributed by atoms with van der Waals surface area (Å²) in [6.45, 7) is 3.40. The number of nitrogens with one attached hydrogen (secondary N) is 1. The molecule has 1 atom stereocenters. The van der Waals surface area contributed by atoms with Crippen LogP contribution in [-0.4, -0.2) is 89.1 Å². The third kappa shape index (κ3) is 5.84. The van der Waals surface area contributed by atoms with E-state index in [1.165, 1.54) is 11.8 Å². The number of benzene rings is 1. The fraction of sp³-hybridized carbons (Fsp3) is 0.650. The van der Waals surface area contributed by atoms with Crippen LogP contribution in [0.2, 0.25) is 0 Å². The highest BCUT2D eigenvalue weighted by atomic mass is 19.4. The lowest BCUT2D eigenvalue weighted by molar-refractivity contribution is -0.181. The van der Waals surface area contributed by atoms with Crippen molar-refractivity contribution in [3.63, 3.8) is 0 Å². The topological polar surface area (TPSA) is 58.6 Å². The van der Waals surface area contributed by atoms with Crippen molar-refractivity contribution in [2.45, 2.75) is 25.6 Å². The average Bonchev–Trinajstić information content (AvgIpc) is 2.75. The number of hydrogen-bond donors (Lipinski definition) is 1. The normalized spacial score (nSPS) is 16.9. The molecule has 1 aliphatic heterocycles. The maximum Gasteiger partial charge on any atom is 0.403 e. The lowest BCUT2D eigenvalue weighted by Crippen LogP contribution is -2.56. The van der Waals surface area contributed by atoms with Gasteiger partial charge in [0, 0.05) is 57.5 Å². The zero-order valence-corrected chi connectivity index (χ0v) is 18.2. The van der Waals surface area contributed by atoms with Crippen LogP contribution in [0.5, 0.6) is 17.2 Å². The molecule has 2 rings (SSSR count). The molecular weight excluding hydrogens is 401 g/mol. The van der Waals surface area contributed by atoms with Crippen LogP contribution >= 0.6 is 0 Å². The summed E-state index contributed by atoms with van der Waals surface area (Å²) in [5, 5.41) is 3.29. The largest absolute Gasteiger partial charge is 0.496 e. The van der Waals surface area contributed by atoms with E-state index in [1.807, 2.05) is 4.90 Å². The average molecular weight is 432 g/mol.